The van der Waals surface area contributed by atoms with Crippen molar-refractivity contribution in [2.45, 2.75) is 33.6 Å². The molecular formula is C9H15NO. The Hall–Kier alpha value is -0.790. The minimum Gasteiger partial charge on any atom is -0.449 e. The summed E-state index contributed by atoms with van der Waals surface area (Å²) in [6.45, 7) is 8.68. The Kier molecular flexibility index (Phi) is 2.03. The van der Waals surface area contributed by atoms with Gasteiger partial charge in [-0.3, -0.25) is 0 Å². The average molecular weight is 153 g/mol. The summed E-state index contributed by atoms with van der Waals surface area (Å²) in [5.41, 5.74) is 0.227. The lowest BCUT2D eigenvalue weighted by Gasteiger charge is -2.23. The second-order valence-corrected chi connectivity index (χ2v) is 3.96. The Morgan fingerprint density at radius 1 is 1.45 bits per heavy atom. The second-order valence-electron chi connectivity index (χ2n) is 3.96. The molecular weight excluding hydrogens is 138 g/mol. The van der Waals surface area contributed by atoms with Crippen molar-refractivity contribution < 1.29 is 4.42 Å². The zero-order valence-electron chi connectivity index (χ0n) is 7.59. The normalized spacial score (nSPS) is 14.9. The van der Waals surface area contributed by atoms with Crippen LogP contribution in [-0.4, -0.2) is 4.98 Å². The molecule has 0 aliphatic heterocycles. The standard InChI is InChI=1S/C9H15NO/c1-7(9(2,3)4)8-10-5-6-11-8/h5-7H,1-4H3/t7-/m1/s1. The monoisotopic (exact) mass is 153 g/mol. The van der Waals surface area contributed by atoms with E-state index in [0.29, 0.717) is 5.92 Å². The van der Waals surface area contributed by atoms with Crippen molar-refractivity contribution in [2.24, 2.45) is 5.41 Å². The van der Waals surface area contributed by atoms with Crippen LogP contribution in [0.1, 0.15) is 39.5 Å². The van der Waals surface area contributed by atoms with Crippen molar-refractivity contribution >= 4 is 0 Å². The van der Waals surface area contributed by atoms with E-state index in [-0.39, 0.29) is 5.41 Å². The minimum atomic E-state index is 0.227. The summed E-state index contributed by atoms with van der Waals surface area (Å²) in [6.07, 6.45) is 3.31. The highest BCUT2D eigenvalue weighted by molar-refractivity contribution is 4.95. The maximum Gasteiger partial charge on any atom is 0.197 e. The van der Waals surface area contributed by atoms with E-state index in [1.165, 1.54) is 0 Å². The van der Waals surface area contributed by atoms with Gasteiger partial charge in [0.25, 0.3) is 0 Å². The third-order valence-electron chi connectivity index (χ3n) is 2.12. The van der Waals surface area contributed by atoms with Crippen LogP contribution in [0.5, 0.6) is 0 Å². The second kappa shape index (κ2) is 2.68. The molecule has 1 atom stereocenters. The van der Waals surface area contributed by atoms with E-state index < -0.39 is 0 Å². The lowest BCUT2D eigenvalue weighted by atomic mass is 9.82. The third kappa shape index (κ3) is 1.82. The number of oxazole rings is 1. The van der Waals surface area contributed by atoms with Gasteiger partial charge in [0, 0.05) is 5.92 Å². The molecule has 0 radical (unpaired) electrons. The number of aromatic nitrogens is 1. The van der Waals surface area contributed by atoms with Crippen molar-refractivity contribution in [1.29, 1.82) is 0 Å². The van der Waals surface area contributed by atoms with Gasteiger partial charge in [0.2, 0.25) is 0 Å². The zero-order chi connectivity index (χ0) is 8.48. The van der Waals surface area contributed by atoms with Crippen molar-refractivity contribution in [1.82, 2.24) is 4.98 Å². The van der Waals surface area contributed by atoms with Crippen LogP contribution in [0, 0.1) is 5.41 Å². The van der Waals surface area contributed by atoms with Crippen LogP contribution in [0.25, 0.3) is 0 Å². The van der Waals surface area contributed by atoms with Gasteiger partial charge in [-0.1, -0.05) is 27.7 Å². The Bertz CT molecular complexity index is 208. The van der Waals surface area contributed by atoms with E-state index >= 15 is 0 Å². The van der Waals surface area contributed by atoms with Crippen LogP contribution in [0.2, 0.25) is 0 Å². The summed E-state index contributed by atoms with van der Waals surface area (Å²) >= 11 is 0. The first kappa shape index (κ1) is 8.31. The molecule has 0 bridgehead atoms. The van der Waals surface area contributed by atoms with Gasteiger partial charge in [0.05, 0.1) is 6.20 Å². The lowest BCUT2D eigenvalue weighted by molar-refractivity contribution is 0.288. The highest BCUT2D eigenvalue weighted by Gasteiger charge is 2.24. The molecule has 0 saturated heterocycles. The molecule has 1 heterocycles. The van der Waals surface area contributed by atoms with Gasteiger partial charge >= 0.3 is 0 Å². The summed E-state index contributed by atoms with van der Waals surface area (Å²) in [5, 5.41) is 0. The zero-order valence-corrected chi connectivity index (χ0v) is 7.59. The largest absolute Gasteiger partial charge is 0.449 e. The van der Waals surface area contributed by atoms with Crippen molar-refractivity contribution in [2.75, 3.05) is 0 Å². The SMILES string of the molecule is C[C@H](c1ncco1)C(C)(C)C. The molecule has 2 nitrogen and oxygen atoms in total. The van der Waals surface area contributed by atoms with Crippen LogP contribution >= 0.6 is 0 Å². The summed E-state index contributed by atoms with van der Waals surface area (Å²) in [4.78, 5) is 4.12. The molecule has 0 aromatic carbocycles. The van der Waals surface area contributed by atoms with Crippen LogP contribution in [-0.2, 0) is 0 Å². The van der Waals surface area contributed by atoms with E-state index in [9.17, 15) is 0 Å². The Balaban J connectivity index is 2.78. The van der Waals surface area contributed by atoms with Gasteiger partial charge in [0.1, 0.15) is 6.26 Å². The fourth-order valence-electron chi connectivity index (χ4n) is 0.819. The Morgan fingerprint density at radius 3 is 2.45 bits per heavy atom. The predicted octanol–water partition coefficient (Wildman–Crippen LogP) is 2.82. The maximum atomic E-state index is 5.21. The molecule has 0 aliphatic carbocycles. The first-order valence-electron chi connectivity index (χ1n) is 3.91. The Morgan fingerprint density at radius 2 is 2.09 bits per heavy atom. The molecule has 1 rings (SSSR count). The van der Waals surface area contributed by atoms with Crippen LogP contribution < -0.4 is 0 Å². The maximum absolute atomic E-state index is 5.21. The quantitative estimate of drug-likeness (QED) is 0.620. The molecule has 1 aromatic heterocycles. The van der Waals surface area contributed by atoms with E-state index in [1.54, 1.807) is 12.5 Å². The average Bonchev–Trinajstić information content (AvgIpc) is 2.34. The number of nitrogens with zero attached hydrogens (tertiary/aromatic N) is 1. The number of hydrogen-bond acceptors (Lipinski definition) is 2. The van der Waals surface area contributed by atoms with Gasteiger partial charge in [0.15, 0.2) is 5.89 Å². The fourth-order valence-corrected chi connectivity index (χ4v) is 0.819. The smallest absolute Gasteiger partial charge is 0.197 e. The first-order valence-corrected chi connectivity index (χ1v) is 3.91. The van der Waals surface area contributed by atoms with E-state index in [2.05, 4.69) is 32.7 Å². The topological polar surface area (TPSA) is 26.0 Å². The van der Waals surface area contributed by atoms with Crippen molar-refractivity contribution in [3.8, 4) is 0 Å². The fraction of sp³-hybridized carbons (Fsp3) is 0.667. The summed E-state index contributed by atoms with van der Waals surface area (Å²) < 4.78 is 5.21. The number of hydrogen-bond donors (Lipinski definition) is 0. The molecule has 11 heavy (non-hydrogen) atoms. The van der Waals surface area contributed by atoms with E-state index in [0.717, 1.165) is 5.89 Å². The molecule has 0 unspecified atom stereocenters. The highest BCUT2D eigenvalue weighted by Crippen LogP contribution is 2.32. The van der Waals surface area contributed by atoms with E-state index in [1.807, 2.05) is 0 Å². The van der Waals surface area contributed by atoms with Gasteiger partial charge in [-0.05, 0) is 5.41 Å². The lowest BCUT2D eigenvalue weighted by Crippen LogP contribution is -2.15. The minimum absolute atomic E-state index is 0.227. The summed E-state index contributed by atoms with van der Waals surface area (Å²) in [6, 6.07) is 0. The summed E-state index contributed by atoms with van der Waals surface area (Å²) in [5.74, 6) is 1.20. The molecule has 2 heteroatoms. The molecule has 0 N–H and O–H groups in total. The molecule has 1 aromatic rings. The van der Waals surface area contributed by atoms with Crippen LogP contribution in [0.3, 0.4) is 0 Å². The van der Waals surface area contributed by atoms with Crippen LogP contribution in [0.4, 0.5) is 0 Å². The molecule has 0 spiro atoms. The van der Waals surface area contributed by atoms with Crippen LogP contribution in [0.15, 0.2) is 16.9 Å². The third-order valence-corrected chi connectivity index (χ3v) is 2.12. The van der Waals surface area contributed by atoms with Gasteiger partial charge in [-0.15, -0.1) is 0 Å². The predicted molar refractivity (Wildman–Crippen MR) is 44.4 cm³/mol. The first-order chi connectivity index (χ1) is 5.02. The van der Waals surface area contributed by atoms with Crippen molar-refractivity contribution in [3.63, 3.8) is 0 Å². The molecule has 0 fully saturated rings. The highest BCUT2D eigenvalue weighted by atomic mass is 16.3. The van der Waals surface area contributed by atoms with Gasteiger partial charge < -0.3 is 4.42 Å². The van der Waals surface area contributed by atoms with E-state index in [4.69, 9.17) is 4.42 Å². The van der Waals surface area contributed by atoms with Crippen molar-refractivity contribution in [3.05, 3.63) is 18.4 Å². The van der Waals surface area contributed by atoms with Gasteiger partial charge in [-0.25, -0.2) is 4.98 Å². The molecule has 62 valence electrons. The Labute approximate surface area is 67.6 Å². The molecule has 0 saturated carbocycles. The molecule has 0 amide bonds. The summed E-state index contributed by atoms with van der Waals surface area (Å²) in [7, 11) is 0. The van der Waals surface area contributed by atoms with Gasteiger partial charge in [-0.2, -0.15) is 0 Å². The molecule has 0 aliphatic rings. The number of rotatable bonds is 1.